The smallest absolute Gasteiger partial charge is 0.355 e. The molecule has 3 aliphatic heterocycles. The first kappa shape index (κ1) is 47.2. The summed E-state index contributed by atoms with van der Waals surface area (Å²) in [7, 11) is 1.81. The molecule has 0 radical (unpaired) electrons. The predicted molar refractivity (Wildman–Crippen MR) is 273 cm³/mol. The van der Waals surface area contributed by atoms with Crippen LogP contribution in [0.1, 0.15) is 94.6 Å². The number of rotatable bonds is 14. The molecule has 3 aliphatic rings. The van der Waals surface area contributed by atoms with E-state index in [1.807, 2.05) is 103 Å². The van der Waals surface area contributed by atoms with Crippen LogP contribution in [0, 0.1) is 12.8 Å². The summed E-state index contributed by atoms with van der Waals surface area (Å²) in [5, 5.41) is 24.9. The monoisotopic (exact) mass is 973 g/mol. The Morgan fingerprint density at radius 1 is 0.915 bits per heavy atom. The highest BCUT2D eigenvalue weighted by Gasteiger charge is 2.32. The van der Waals surface area contributed by atoms with Gasteiger partial charge in [0.15, 0.2) is 10.8 Å². The van der Waals surface area contributed by atoms with Gasteiger partial charge in [0.25, 0.3) is 5.91 Å². The van der Waals surface area contributed by atoms with Crippen molar-refractivity contribution in [2.45, 2.75) is 77.3 Å². The van der Waals surface area contributed by atoms with E-state index >= 15 is 0 Å². The summed E-state index contributed by atoms with van der Waals surface area (Å²) in [6.45, 7) is 6.72. The largest absolute Gasteiger partial charge is 0.493 e. The van der Waals surface area contributed by atoms with Crippen LogP contribution in [0.5, 0.6) is 5.75 Å². The Morgan fingerprint density at radius 2 is 1.76 bits per heavy atom. The lowest BCUT2D eigenvalue weighted by molar-refractivity contribution is -0.134. The average molecular weight is 974 g/mol. The van der Waals surface area contributed by atoms with Crippen LogP contribution in [0.4, 0.5) is 16.6 Å². The van der Waals surface area contributed by atoms with E-state index in [0.717, 1.165) is 75.6 Å². The number of carboxylic acid groups (broad SMARTS) is 1. The summed E-state index contributed by atoms with van der Waals surface area (Å²) in [6, 6.07) is 28.7. The number of fused-ring (bicyclic) bond motifs is 3. The van der Waals surface area contributed by atoms with Crippen LogP contribution in [0.25, 0.3) is 32.2 Å². The Kier molecular flexibility index (Phi) is 13.3. The van der Waals surface area contributed by atoms with Crippen LogP contribution in [0.15, 0.2) is 91.0 Å². The molecule has 0 spiro atoms. The molecule has 7 aromatic rings. The normalized spacial score (nSPS) is 18.3. The van der Waals surface area contributed by atoms with Crippen LogP contribution in [0.3, 0.4) is 0 Å². The second kappa shape index (κ2) is 20.1. The number of aryl methyl sites for hydroxylation is 1. The second-order valence-electron chi connectivity index (χ2n) is 18.8. The number of carboxylic acids is 1. The highest BCUT2D eigenvalue weighted by molar-refractivity contribution is 7.22. The molecule has 3 atom stereocenters. The lowest BCUT2D eigenvalue weighted by atomic mass is 9.88. The van der Waals surface area contributed by atoms with Crippen molar-refractivity contribution in [2.75, 3.05) is 41.8 Å². The van der Waals surface area contributed by atoms with E-state index in [0.29, 0.717) is 77.7 Å². The van der Waals surface area contributed by atoms with E-state index in [9.17, 15) is 29.1 Å². The molecular weight excluding hydrogens is 919 g/mol. The number of pyridine rings is 1. The molecule has 364 valence electrons. The van der Waals surface area contributed by atoms with Crippen molar-refractivity contribution < 1.29 is 33.8 Å². The van der Waals surface area contributed by atoms with Crippen LogP contribution >= 0.6 is 11.3 Å². The number of hydrogen-bond acceptors (Lipinski definition) is 12. The van der Waals surface area contributed by atoms with Crippen LogP contribution < -0.4 is 25.6 Å². The van der Waals surface area contributed by atoms with Gasteiger partial charge in [-0.15, -0.1) is 0 Å². The maximum Gasteiger partial charge on any atom is 0.355 e. The van der Waals surface area contributed by atoms with Crippen molar-refractivity contribution >= 4 is 78.7 Å². The summed E-state index contributed by atoms with van der Waals surface area (Å²) in [4.78, 5) is 77.5. The van der Waals surface area contributed by atoms with Gasteiger partial charge < -0.3 is 20.1 Å². The number of imide groups is 1. The molecule has 71 heavy (non-hydrogen) atoms. The van der Waals surface area contributed by atoms with Gasteiger partial charge in [0.05, 0.1) is 40.5 Å². The van der Waals surface area contributed by atoms with E-state index in [2.05, 4.69) is 37.9 Å². The minimum atomic E-state index is -1.13. The van der Waals surface area contributed by atoms with Crippen molar-refractivity contribution in [2.24, 2.45) is 13.0 Å². The molecule has 17 heteroatoms. The molecule has 6 heterocycles. The zero-order chi connectivity index (χ0) is 49.3. The standard InChI is InChI=1S/C54H55N9O7S/c1-31-27-33(22-24-62(31)30-48(65)55-35-16-17-39-43(28-35)61(3)60-49(39)40-19-21-47(64)58-52(40)67)9-8-26-70-44-14-7-11-36(32(44)2)37-18-20-46(57-50(37)53(68)69)63-25-23-34-10-6-12-38(41(34)29-63)51(66)59-54-56-42-13-4-5-15-45(42)71-54/h4-7,10-18,20,28,31,33,40H,8-9,19,21-27,29-30H2,1-3H3,(H,55,65)(H,68,69)(H,56,59,66)(H,58,64,67)/t31-,33-,40?/m1/s1. The van der Waals surface area contributed by atoms with E-state index in [1.54, 1.807) is 11.7 Å². The Morgan fingerprint density at radius 3 is 2.58 bits per heavy atom. The van der Waals surface area contributed by atoms with Crippen molar-refractivity contribution in [3.63, 3.8) is 0 Å². The van der Waals surface area contributed by atoms with Crippen LogP contribution in [-0.2, 0) is 34.4 Å². The number of piperidine rings is 2. The summed E-state index contributed by atoms with van der Waals surface area (Å²) < 4.78 is 9.04. The van der Waals surface area contributed by atoms with Crippen molar-refractivity contribution in [1.29, 1.82) is 0 Å². The SMILES string of the molecule is Cc1c(OCCC[C@@H]2CCN(CC(=O)Nc3ccc4c(C5CCC(=O)NC5=O)nn(C)c4c3)[C@H](C)C2)cccc1-c1ccc(N2CCc3cccc(C(=O)Nc4nc5ccccc5s4)c3C2)nc1C(=O)O. The number of benzene rings is 4. The third-order valence-corrected chi connectivity index (χ3v) is 15.2. The third kappa shape index (κ3) is 9.97. The Balaban J connectivity index is 0.718. The number of hydrogen-bond donors (Lipinski definition) is 4. The first-order valence-electron chi connectivity index (χ1n) is 24.2. The number of carbonyl (C=O) groups excluding carboxylic acids is 4. The summed E-state index contributed by atoms with van der Waals surface area (Å²) >= 11 is 1.43. The molecule has 4 amide bonds. The quantitative estimate of drug-likeness (QED) is 0.0599. The zero-order valence-corrected chi connectivity index (χ0v) is 40.7. The topological polar surface area (TPSA) is 201 Å². The van der Waals surface area contributed by atoms with E-state index in [-0.39, 0.29) is 48.3 Å². The molecule has 4 N–H and O–H groups in total. The van der Waals surface area contributed by atoms with Gasteiger partial charge in [-0.3, -0.25) is 39.4 Å². The van der Waals surface area contributed by atoms with Gasteiger partial charge in [-0.2, -0.15) is 5.10 Å². The molecule has 0 bridgehead atoms. The minimum Gasteiger partial charge on any atom is -0.493 e. The molecule has 2 saturated heterocycles. The number of aromatic carboxylic acids is 1. The van der Waals surface area contributed by atoms with Gasteiger partial charge in [-0.05, 0) is 142 Å². The first-order valence-corrected chi connectivity index (χ1v) is 25.0. The fraction of sp³-hybridized carbons (Fsp3) is 0.333. The lowest BCUT2D eigenvalue weighted by Crippen LogP contribution is -2.44. The highest BCUT2D eigenvalue weighted by atomic mass is 32.1. The minimum absolute atomic E-state index is 0.0540. The number of aromatic nitrogens is 4. The number of nitrogens with one attached hydrogen (secondary N) is 3. The summed E-state index contributed by atoms with van der Waals surface area (Å²) in [5.74, 6) is -0.850. The molecule has 3 aromatic heterocycles. The van der Waals surface area contributed by atoms with Gasteiger partial charge in [0, 0.05) is 54.8 Å². The maximum absolute atomic E-state index is 13.6. The first-order chi connectivity index (χ1) is 34.4. The van der Waals surface area contributed by atoms with Gasteiger partial charge in [-0.25, -0.2) is 14.8 Å². The van der Waals surface area contributed by atoms with Crippen LogP contribution in [-0.4, -0.2) is 91.6 Å². The second-order valence-corrected chi connectivity index (χ2v) is 19.9. The van der Waals surface area contributed by atoms with Gasteiger partial charge >= 0.3 is 5.97 Å². The van der Waals surface area contributed by atoms with E-state index < -0.39 is 11.9 Å². The molecular formula is C54H55N9O7S. The van der Waals surface area contributed by atoms with Gasteiger partial charge in [0.2, 0.25) is 17.7 Å². The molecule has 0 saturated carbocycles. The molecule has 16 nitrogen and oxygen atoms in total. The highest BCUT2D eigenvalue weighted by Crippen LogP contribution is 2.36. The number of nitrogens with zero attached hydrogens (tertiary/aromatic N) is 6. The zero-order valence-electron chi connectivity index (χ0n) is 39.9. The van der Waals surface area contributed by atoms with Crippen molar-refractivity contribution in [3.8, 4) is 16.9 Å². The molecule has 2 fully saturated rings. The number of ether oxygens (including phenoxy) is 1. The number of likely N-dealkylation sites (tertiary alicyclic amines) is 1. The number of carbonyl (C=O) groups is 5. The Labute approximate surface area is 414 Å². The van der Waals surface area contributed by atoms with Crippen molar-refractivity contribution in [1.82, 2.24) is 30.0 Å². The number of para-hydroxylation sites is 1. The summed E-state index contributed by atoms with van der Waals surface area (Å²) in [5.41, 5.74) is 7.42. The summed E-state index contributed by atoms with van der Waals surface area (Å²) in [6.07, 6.45) is 5.14. The lowest BCUT2D eigenvalue weighted by Gasteiger charge is -2.37. The van der Waals surface area contributed by atoms with E-state index in [1.165, 1.54) is 11.3 Å². The Bertz CT molecular complexity index is 3210. The number of amides is 4. The van der Waals surface area contributed by atoms with Gasteiger partial charge in [0.1, 0.15) is 11.6 Å². The van der Waals surface area contributed by atoms with Crippen LogP contribution in [0.2, 0.25) is 0 Å². The average Bonchev–Trinajstić information content (AvgIpc) is 3.92. The van der Waals surface area contributed by atoms with E-state index in [4.69, 9.17) is 9.72 Å². The fourth-order valence-corrected chi connectivity index (χ4v) is 11.3. The molecule has 4 aromatic carbocycles. The molecule has 10 rings (SSSR count). The maximum atomic E-state index is 13.6. The van der Waals surface area contributed by atoms with Gasteiger partial charge in [-0.1, -0.05) is 47.7 Å². The van der Waals surface area contributed by atoms with Crippen molar-refractivity contribution in [3.05, 3.63) is 125 Å². The molecule has 1 unspecified atom stereocenters. The third-order valence-electron chi connectivity index (χ3n) is 14.2. The fourth-order valence-electron chi connectivity index (χ4n) is 10.5. The number of thiazole rings is 1. The molecule has 0 aliphatic carbocycles. The predicted octanol–water partition coefficient (Wildman–Crippen LogP) is 8.49. The number of anilines is 3. The Hall–Kier alpha value is -7.50.